The molecule has 0 saturated carbocycles. The van der Waals surface area contributed by atoms with Crippen LogP contribution in [0.3, 0.4) is 0 Å². The van der Waals surface area contributed by atoms with E-state index >= 15 is 0 Å². The van der Waals surface area contributed by atoms with Gasteiger partial charge in [-0.1, -0.05) is 0 Å². The van der Waals surface area contributed by atoms with E-state index < -0.39 is 17.2 Å². The maximum Gasteiger partial charge on any atom is 0.332 e. The number of fused-ring (bicyclic) bond motifs is 1. The molecule has 1 N–H and O–H groups in total. The fraction of sp³-hybridized carbons (Fsp3) is 0.214. The molecule has 0 radical (unpaired) electrons. The summed E-state index contributed by atoms with van der Waals surface area (Å²) in [6, 6.07) is 2.94. The second-order valence-corrected chi connectivity index (χ2v) is 5.88. The van der Waals surface area contributed by atoms with Gasteiger partial charge in [0.25, 0.3) is 11.5 Å². The van der Waals surface area contributed by atoms with Gasteiger partial charge in [-0.05, 0) is 19.1 Å². The number of carbonyl (C=O) groups excluding carboxylic acids is 1. The Morgan fingerprint density at radius 1 is 1.17 bits per heavy atom. The van der Waals surface area contributed by atoms with Crippen LogP contribution in [-0.4, -0.2) is 25.0 Å². The first-order valence-corrected chi connectivity index (χ1v) is 7.56. The van der Waals surface area contributed by atoms with E-state index in [0.717, 1.165) is 10.3 Å². The van der Waals surface area contributed by atoms with Crippen LogP contribution in [0.2, 0.25) is 0 Å². The monoisotopic (exact) mass is 331 g/mol. The van der Waals surface area contributed by atoms with Gasteiger partial charge in [-0.2, -0.15) is 0 Å². The molecule has 3 aromatic rings. The summed E-state index contributed by atoms with van der Waals surface area (Å²) in [7, 11) is 2.90. The molecule has 3 aromatic heterocycles. The number of amides is 1. The molecule has 118 valence electrons. The fourth-order valence-electron chi connectivity index (χ4n) is 2.15. The van der Waals surface area contributed by atoms with E-state index in [1.165, 1.54) is 42.1 Å². The summed E-state index contributed by atoms with van der Waals surface area (Å²) in [5.41, 5.74) is 0.138. The summed E-state index contributed by atoms with van der Waals surface area (Å²) in [6.07, 6.45) is 0. The van der Waals surface area contributed by atoms with E-state index in [2.05, 4.69) is 15.3 Å². The Balaban J connectivity index is 2.08. The van der Waals surface area contributed by atoms with Gasteiger partial charge in [0, 0.05) is 19.5 Å². The molecule has 0 aromatic carbocycles. The number of hydrogen-bond acceptors (Lipinski definition) is 6. The van der Waals surface area contributed by atoms with Crippen LogP contribution in [0.5, 0.6) is 0 Å². The Morgan fingerprint density at radius 3 is 2.57 bits per heavy atom. The van der Waals surface area contributed by atoms with Crippen molar-refractivity contribution in [2.24, 2.45) is 14.1 Å². The minimum atomic E-state index is -0.497. The van der Waals surface area contributed by atoms with E-state index in [0.29, 0.717) is 5.13 Å². The van der Waals surface area contributed by atoms with E-state index in [4.69, 9.17) is 0 Å². The standard InChI is InChI=1S/C14H13N5O3S/c1-7-6-23-13(15-7)17-11(20)9-5-4-8-10(16-9)18(2)14(22)19(3)12(8)21/h4-6H,1-3H3,(H,15,17,20). The zero-order valence-electron chi connectivity index (χ0n) is 12.7. The predicted molar refractivity (Wildman–Crippen MR) is 87.0 cm³/mol. The van der Waals surface area contributed by atoms with E-state index in [-0.39, 0.29) is 16.7 Å². The number of carbonyl (C=O) groups is 1. The molecule has 0 bridgehead atoms. The molecule has 8 nitrogen and oxygen atoms in total. The molecule has 3 heterocycles. The van der Waals surface area contributed by atoms with Gasteiger partial charge < -0.3 is 0 Å². The lowest BCUT2D eigenvalue weighted by Gasteiger charge is -2.08. The number of aryl methyl sites for hydroxylation is 2. The van der Waals surface area contributed by atoms with Crippen LogP contribution in [0.1, 0.15) is 16.2 Å². The third-order valence-corrected chi connectivity index (χ3v) is 4.25. The Morgan fingerprint density at radius 2 is 1.91 bits per heavy atom. The minimum Gasteiger partial charge on any atom is -0.296 e. The summed E-state index contributed by atoms with van der Waals surface area (Å²) >= 11 is 1.31. The van der Waals surface area contributed by atoms with Crippen molar-refractivity contribution in [1.82, 2.24) is 19.1 Å². The SMILES string of the molecule is Cc1csc(NC(=O)c2ccc3c(=O)n(C)c(=O)n(C)c3n2)n1. The highest BCUT2D eigenvalue weighted by molar-refractivity contribution is 7.13. The van der Waals surface area contributed by atoms with Crippen LogP contribution in [-0.2, 0) is 14.1 Å². The average Bonchev–Trinajstić information content (AvgIpc) is 2.95. The van der Waals surface area contributed by atoms with Gasteiger partial charge in [-0.3, -0.25) is 24.0 Å². The third kappa shape index (κ3) is 2.55. The van der Waals surface area contributed by atoms with Crippen molar-refractivity contribution in [2.75, 3.05) is 5.32 Å². The highest BCUT2D eigenvalue weighted by Gasteiger charge is 2.14. The summed E-state index contributed by atoms with van der Waals surface area (Å²) in [5, 5.41) is 5.19. The van der Waals surface area contributed by atoms with Crippen molar-refractivity contribution in [3.63, 3.8) is 0 Å². The second-order valence-electron chi connectivity index (χ2n) is 5.02. The number of thiazole rings is 1. The maximum atomic E-state index is 12.2. The molecule has 0 saturated heterocycles. The van der Waals surface area contributed by atoms with Gasteiger partial charge in [0.15, 0.2) is 5.13 Å². The molecule has 0 atom stereocenters. The molecule has 0 aliphatic heterocycles. The smallest absolute Gasteiger partial charge is 0.296 e. The number of hydrogen-bond donors (Lipinski definition) is 1. The number of nitrogens with zero attached hydrogens (tertiary/aromatic N) is 4. The quantitative estimate of drug-likeness (QED) is 0.743. The average molecular weight is 331 g/mol. The highest BCUT2D eigenvalue weighted by Crippen LogP contribution is 2.15. The van der Waals surface area contributed by atoms with Gasteiger partial charge in [-0.15, -0.1) is 11.3 Å². The van der Waals surface area contributed by atoms with Crippen LogP contribution in [0.25, 0.3) is 11.0 Å². The lowest BCUT2D eigenvalue weighted by Crippen LogP contribution is -2.37. The van der Waals surface area contributed by atoms with Crippen LogP contribution in [0, 0.1) is 6.92 Å². The highest BCUT2D eigenvalue weighted by atomic mass is 32.1. The van der Waals surface area contributed by atoms with Crippen LogP contribution in [0.15, 0.2) is 27.1 Å². The predicted octanol–water partition coefficient (Wildman–Crippen LogP) is 0.649. The van der Waals surface area contributed by atoms with Gasteiger partial charge in [-0.25, -0.2) is 14.8 Å². The Hall–Kier alpha value is -2.81. The molecule has 9 heteroatoms. The van der Waals surface area contributed by atoms with Crippen LogP contribution < -0.4 is 16.6 Å². The Bertz CT molecular complexity index is 1050. The first-order valence-electron chi connectivity index (χ1n) is 6.68. The topological polar surface area (TPSA) is 98.9 Å². The number of aromatic nitrogens is 4. The van der Waals surface area contributed by atoms with Crippen molar-refractivity contribution in [1.29, 1.82) is 0 Å². The summed E-state index contributed by atoms with van der Waals surface area (Å²) < 4.78 is 2.24. The normalized spacial score (nSPS) is 10.9. The third-order valence-electron chi connectivity index (χ3n) is 3.37. The summed E-state index contributed by atoms with van der Waals surface area (Å²) in [6.45, 7) is 1.83. The molecule has 0 unspecified atom stereocenters. The fourth-order valence-corrected chi connectivity index (χ4v) is 2.84. The van der Waals surface area contributed by atoms with E-state index in [9.17, 15) is 14.4 Å². The number of anilines is 1. The first-order chi connectivity index (χ1) is 10.9. The maximum absolute atomic E-state index is 12.2. The summed E-state index contributed by atoms with van der Waals surface area (Å²) in [5.74, 6) is -0.450. The molecule has 0 aliphatic rings. The van der Waals surface area contributed by atoms with Crippen LogP contribution in [0.4, 0.5) is 5.13 Å². The van der Waals surface area contributed by atoms with Crippen molar-refractivity contribution in [3.05, 3.63) is 49.7 Å². The molecule has 0 spiro atoms. The molecular formula is C14H13N5O3S. The van der Waals surface area contributed by atoms with E-state index in [1.807, 2.05) is 12.3 Å². The van der Waals surface area contributed by atoms with Gasteiger partial charge >= 0.3 is 5.69 Å². The largest absolute Gasteiger partial charge is 0.332 e. The lowest BCUT2D eigenvalue weighted by molar-refractivity contribution is 0.102. The molecular weight excluding hydrogens is 318 g/mol. The molecule has 23 heavy (non-hydrogen) atoms. The molecule has 1 amide bonds. The van der Waals surface area contributed by atoms with Crippen molar-refractivity contribution >= 4 is 33.4 Å². The minimum absolute atomic E-state index is 0.105. The summed E-state index contributed by atoms with van der Waals surface area (Å²) in [4.78, 5) is 44.6. The zero-order valence-corrected chi connectivity index (χ0v) is 13.5. The van der Waals surface area contributed by atoms with Gasteiger partial charge in [0.2, 0.25) is 0 Å². The van der Waals surface area contributed by atoms with Gasteiger partial charge in [0.1, 0.15) is 11.3 Å². The Labute approximate surface area is 134 Å². The molecule has 0 fully saturated rings. The van der Waals surface area contributed by atoms with Gasteiger partial charge in [0.05, 0.1) is 11.1 Å². The molecule has 3 rings (SSSR count). The second kappa shape index (κ2) is 5.43. The van der Waals surface area contributed by atoms with E-state index in [1.54, 1.807) is 0 Å². The van der Waals surface area contributed by atoms with Crippen molar-refractivity contribution < 1.29 is 4.79 Å². The zero-order chi connectivity index (χ0) is 16.7. The molecule has 0 aliphatic carbocycles. The number of pyridine rings is 1. The number of rotatable bonds is 2. The first kappa shape index (κ1) is 15.1. The lowest BCUT2D eigenvalue weighted by atomic mass is 10.2. The van der Waals surface area contributed by atoms with Crippen molar-refractivity contribution in [2.45, 2.75) is 6.92 Å². The van der Waals surface area contributed by atoms with Crippen molar-refractivity contribution in [3.8, 4) is 0 Å². The Kier molecular flexibility index (Phi) is 3.57. The van der Waals surface area contributed by atoms with Crippen LogP contribution >= 0.6 is 11.3 Å². The number of nitrogens with one attached hydrogen (secondary N) is 1.